The summed E-state index contributed by atoms with van der Waals surface area (Å²) in [7, 11) is 1.95. The first-order chi connectivity index (χ1) is 9.78. The Labute approximate surface area is 122 Å². The number of hydrogen-bond donors (Lipinski definition) is 1. The van der Waals surface area contributed by atoms with Crippen molar-refractivity contribution < 1.29 is 9.47 Å². The van der Waals surface area contributed by atoms with Crippen LogP contribution in [-0.4, -0.2) is 25.2 Å². The molecule has 0 amide bonds. The molecule has 0 saturated carbocycles. The summed E-state index contributed by atoms with van der Waals surface area (Å²) in [5, 5.41) is 6.49. The zero-order chi connectivity index (χ0) is 13.9. The fraction of sp³-hybridized carbons (Fsp3) is 0.400. The van der Waals surface area contributed by atoms with Crippen LogP contribution in [-0.2, 0) is 0 Å². The van der Waals surface area contributed by atoms with Crippen molar-refractivity contribution in [2.24, 2.45) is 0 Å². The van der Waals surface area contributed by atoms with Crippen molar-refractivity contribution >= 4 is 11.3 Å². The van der Waals surface area contributed by atoms with Gasteiger partial charge in [-0.2, -0.15) is 0 Å². The van der Waals surface area contributed by atoms with Crippen LogP contribution < -0.4 is 14.8 Å². The number of nitrogens with one attached hydrogen (secondary N) is 1. The van der Waals surface area contributed by atoms with Gasteiger partial charge in [-0.25, -0.2) is 4.98 Å². The SMILES string of the molecule is CNC(c1ccc2c(c1)OCCCO2)c1csc(C)n1. The Bertz CT molecular complexity index is 597. The topological polar surface area (TPSA) is 43.4 Å². The molecule has 2 aromatic rings. The lowest BCUT2D eigenvalue weighted by molar-refractivity contribution is 0.297. The minimum Gasteiger partial charge on any atom is -0.490 e. The van der Waals surface area contributed by atoms with E-state index in [1.54, 1.807) is 11.3 Å². The molecular formula is C15H18N2O2S. The predicted octanol–water partition coefficient (Wildman–Crippen LogP) is 2.92. The molecule has 5 heteroatoms. The zero-order valence-corrected chi connectivity index (χ0v) is 12.5. The summed E-state index contributed by atoms with van der Waals surface area (Å²) in [5.74, 6) is 1.66. The smallest absolute Gasteiger partial charge is 0.161 e. The van der Waals surface area contributed by atoms with Gasteiger partial charge in [0.2, 0.25) is 0 Å². The molecular weight excluding hydrogens is 272 g/mol. The van der Waals surface area contributed by atoms with E-state index in [-0.39, 0.29) is 6.04 Å². The first-order valence-electron chi connectivity index (χ1n) is 6.77. The highest BCUT2D eigenvalue weighted by molar-refractivity contribution is 7.09. The number of benzene rings is 1. The van der Waals surface area contributed by atoms with Gasteiger partial charge < -0.3 is 14.8 Å². The molecule has 0 radical (unpaired) electrons. The van der Waals surface area contributed by atoms with Gasteiger partial charge in [0.15, 0.2) is 11.5 Å². The highest BCUT2D eigenvalue weighted by atomic mass is 32.1. The van der Waals surface area contributed by atoms with E-state index in [1.807, 2.05) is 20.0 Å². The summed E-state index contributed by atoms with van der Waals surface area (Å²) in [4.78, 5) is 4.57. The molecule has 1 aliphatic rings. The van der Waals surface area contributed by atoms with E-state index in [9.17, 15) is 0 Å². The largest absolute Gasteiger partial charge is 0.490 e. The van der Waals surface area contributed by atoms with Gasteiger partial charge in [0.25, 0.3) is 0 Å². The first kappa shape index (κ1) is 13.4. The number of aromatic nitrogens is 1. The van der Waals surface area contributed by atoms with Crippen LogP contribution in [0.25, 0.3) is 0 Å². The average molecular weight is 290 g/mol. The van der Waals surface area contributed by atoms with Crippen molar-refractivity contribution in [1.82, 2.24) is 10.3 Å². The fourth-order valence-electron chi connectivity index (χ4n) is 2.36. The lowest BCUT2D eigenvalue weighted by atomic mass is 10.0. The molecule has 0 saturated heterocycles. The van der Waals surface area contributed by atoms with Gasteiger partial charge in [-0.05, 0) is 31.7 Å². The molecule has 1 aromatic carbocycles. The van der Waals surface area contributed by atoms with Crippen LogP contribution in [0.3, 0.4) is 0 Å². The van der Waals surface area contributed by atoms with E-state index < -0.39 is 0 Å². The normalized spacial score (nSPS) is 15.7. The van der Waals surface area contributed by atoms with Crippen LogP contribution in [0.2, 0.25) is 0 Å². The number of fused-ring (bicyclic) bond motifs is 1. The fourth-order valence-corrected chi connectivity index (χ4v) is 3.00. The molecule has 1 unspecified atom stereocenters. The van der Waals surface area contributed by atoms with Crippen LogP contribution in [0, 0.1) is 6.92 Å². The minimum absolute atomic E-state index is 0.0807. The molecule has 0 fully saturated rings. The van der Waals surface area contributed by atoms with E-state index in [0.29, 0.717) is 13.2 Å². The lowest BCUT2D eigenvalue weighted by Gasteiger charge is -2.16. The monoisotopic (exact) mass is 290 g/mol. The number of thiazole rings is 1. The molecule has 1 aromatic heterocycles. The van der Waals surface area contributed by atoms with E-state index >= 15 is 0 Å². The Hall–Kier alpha value is -1.59. The molecule has 1 atom stereocenters. The number of ether oxygens (including phenoxy) is 2. The number of rotatable bonds is 3. The van der Waals surface area contributed by atoms with Crippen LogP contribution in [0.5, 0.6) is 11.5 Å². The molecule has 4 nitrogen and oxygen atoms in total. The quantitative estimate of drug-likeness (QED) is 0.944. The zero-order valence-electron chi connectivity index (χ0n) is 11.7. The van der Waals surface area contributed by atoms with Crippen molar-refractivity contribution in [1.29, 1.82) is 0 Å². The second kappa shape index (κ2) is 5.81. The highest BCUT2D eigenvalue weighted by Gasteiger charge is 2.18. The van der Waals surface area contributed by atoms with Crippen molar-refractivity contribution in [2.45, 2.75) is 19.4 Å². The molecule has 2 heterocycles. The first-order valence-corrected chi connectivity index (χ1v) is 7.65. The van der Waals surface area contributed by atoms with Crippen LogP contribution in [0.15, 0.2) is 23.6 Å². The van der Waals surface area contributed by atoms with Crippen molar-refractivity contribution in [3.63, 3.8) is 0 Å². The average Bonchev–Trinajstić information content (AvgIpc) is 2.75. The van der Waals surface area contributed by atoms with Gasteiger partial charge in [-0.15, -0.1) is 11.3 Å². The Kier molecular flexibility index (Phi) is 3.89. The third kappa shape index (κ3) is 2.64. The van der Waals surface area contributed by atoms with E-state index in [2.05, 4.69) is 27.8 Å². The van der Waals surface area contributed by atoms with Crippen molar-refractivity contribution in [3.8, 4) is 11.5 Å². The Balaban J connectivity index is 1.94. The second-order valence-corrected chi connectivity index (χ2v) is 5.83. The molecule has 0 spiro atoms. The van der Waals surface area contributed by atoms with Gasteiger partial charge in [-0.1, -0.05) is 6.07 Å². The molecule has 1 aliphatic heterocycles. The molecule has 1 N–H and O–H groups in total. The summed E-state index contributed by atoms with van der Waals surface area (Å²) < 4.78 is 11.4. The Morgan fingerprint density at radius 1 is 1.25 bits per heavy atom. The maximum atomic E-state index is 5.75. The van der Waals surface area contributed by atoms with Crippen LogP contribution >= 0.6 is 11.3 Å². The van der Waals surface area contributed by atoms with E-state index in [0.717, 1.165) is 34.2 Å². The van der Waals surface area contributed by atoms with Crippen LogP contribution in [0.4, 0.5) is 0 Å². The Morgan fingerprint density at radius 3 is 2.75 bits per heavy atom. The molecule has 20 heavy (non-hydrogen) atoms. The molecule has 106 valence electrons. The standard InChI is InChI=1S/C15H18N2O2S/c1-10-17-12(9-20-10)15(16-2)11-4-5-13-14(8-11)19-7-3-6-18-13/h4-5,8-9,15-16H,3,6-7H2,1-2H3. The van der Waals surface area contributed by atoms with Gasteiger partial charge >= 0.3 is 0 Å². The number of nitrogens with zero attached hydrogens (tertiary/aromatic N) is 1. The van der Waals surface area contributed by atoms with E-state index in [4.69, 9.17) is 9.47 Å². The maximum Gasteiger partial charge on any atom is 0.161 e. The minimum atomic E-state index is 0.0807. The summed E-state index contributed by atoms with van der Waals surface area (Å²) in [6.07, 6.45) is 0.921. The maximum absolute atomic E-state index is 5.75. The van der Waals surface area contributed by atoms with Gasteiger partial charge in [-0.3, -0.25) is 0 Å². The lowest BCUT2D eigenvalue weighted by Crippen LogP contribution is -2.18. The van der Waals surface area contributed by atoms with E-state index in [1.165, 1.54) is 0 Å². The van der Waals surface area contributed by atoms with Gasteiger partial charge in [0.05, 0.1) is 30.0 Å². The summed E-state index contributed by atoms with van der Waals surface area (Å²) in [6, 6.07) is 6.19. The summed E-state index contributed by atoms with van der Waals surface area (Å²) in [6.45, 7) is 3.44. The number of aryl methyl sites for hydroxylation is 1. The van der Waals surface area contributed by atoms with Gasteiger partial charge in [0, 0.05) is 11.8 Å². The van der Waals surface area contributed by atoms with Crippen LogP contribution in [0.1, 0.15) is 28.7 Å². The van der Waals surface area contributed by atoms with Crippen molar-refractivity contribution in [2.75, 3.05) is 20.3 Å². The molecule has 3 rings (SSSR count). The predicted molar refractivity (Wildman–Crippen MR) is 79.8 cm³/mol. The molecule has 0 bridgehead atoms. The summed E-state index contributed by atoms with van der Waals surface area (Å²) >= 11 is 1.67. The second-order valence-electron chi connectivity index (χ2n) is 4.77. The van der Waals surface area contributed by atoms with Gasteiger partial charge in [0.1, 0.15) is 0 Å². The third-order valence-electron chi connectivity index (χ3n) is 3.33. The third-order valence-corrected chi connectivity index (χ3v) is 4.12. The Morgan fingerprint density at radius 2 is 2.05 bits per heavy atom. The summed E-state index contributed by atoms with van der Waals surface area (Å²) in [5.41, 5.74) is 2.19. The molecule has 0 aliphatic carbocycles. The highest BCUT2D eigenvalue weighted by Crippen LogP contribution is 2.34. The van der Waals surface area contributed by atoms with Crippen molar-refractivity contribution in [3.05, 3.63) is 39.8 Å². The number of hydrogen-bond acceptors (Lipinski definition) is 5.